The van der Waals surface area contributed by atoms with Gasteiger partial charge in [-0.05, 0) is 44.2 Å². The van der Waals surface area contributed by atoms with Crippen molar-refractivity contribution in [2.75, 3.05) is 18.0 Å². The van der Waals surface area contributed by atoms with Crippen LogP contribution in [0.25, 0.3) is 0 Å². The van der Waals surface area contributed by atoms with Gasteiger partial charge in [0.05, 0.1) is 5.56 Å². The van der Waals surface area contributed by atoms with E-state index in [0.29, 0.717) is 6.04 Å². The van der Waals surface area contributed by atoms with Gasteiger partial charge in [0.2, 0.25) is 0 Å². The summed E-state index contributed by atoms with van der Waals surface area (Å²) in [6, 6.07) is 4.12. The number of aromatic nitrogens is 1. The summed E-state index contributed by atoms with van der Waals surface area (Å²) in [6.45, 7) is 2.03. The molecule has 96 valence electrons. The molecular weight excluding hydrogens is 226 g/mol. The minimum atomic E-state index is 0.0335. The lowest BCUT2D eigenvalue weighted by Crippen LogP contribution is -2.34. The second-order valence-electron chi connectivity index (χ2n) is 5.17. The highest BCUT2D eigenvalue weighted by Gasteiger charge is 2.26. The quantitative estimate of drug-likeness (QED) is 0.885. The Balaban J connectivity index is 1.81. The Hall–Kier alpha value is -1.58. The standard InChI is InChI=1S/C14H19N3O/c18-14(16-11-6-7-11)12-5-4-8-15-13(12)17-9-2-1-3-10-17/h4-5,8,11H,1-3,6-7,9-10H2,(H,16,18). The molecule has 18 heavy (non-hydrogen) atoms. The molecule has 1 aliphatic heterocycles. The van der Waals surface area contributed by atoms with E-state index in [4.69, 9.17) is 0 Å². The predicted molar refractivity (Wildman–Crippen MR) is 70.8 cm³/mol. The van der Waals surface area contributed by atoms with E-state index in [1.54, 1.807) is 6.20 Å². The molecular formula is C14H19N3O. The van der Waals surface area contributed by atoms with Crippen LogP contribution in [0.15, 0.2) is 18.3 Å². The highest BCUT2D eigenvalue weighted by Crippen LogP contribution is 2.24. The van der Waals surface area contributed by atoms with E-state index < -0.39 is 0 Å². The SMILES string of the molecule is O=C(NC1CC1)c1cccnc1N1CCCCC1. The number of rotatable bonds is 3. The normalized spacial score (nSPS) is 19.7. The topological polar surface area (TPSA) is 45.2 Å². The monoisotopic (exact) mass is 245 g/mol. The maximum atomic E-state index is 12.2. The van der Waals surface area contributed by atoms with Crippen molar-refractivity contribution in [1.82, 2.24) is 10.3 Å². The minimum Gasteiger partial charge on any atom is -0.356 e. The molecule has 3 rings (SSSR count). The Kier molecular flexibility index (Phi) is 3.17. The molecule has 0 aromatic carbocycles. The molecule has 1 saturated carbocycles. The third-order valence-electron chi connectivity index (χ3n) is 3.60. The van der Waals surface area contributed by atoms with Crippen LogP contribution >= 0.6 is 0 Å². The average molecular weight is 245 g/mol. The van der Waals surface area contributed by atoms with Crippen molar-refractivity contribution < 1.29 is 4.79 Å². The summed E-state index contributed by atoms with van der Waals surface area (Å²) >= 11 is 0. The van der Waals surface area contributed by atoms with Crippen LogP contribution in [0.4, 0.5) is 5.82 Å². The van der Waals surface area contributed by atoms with E-state index in [1.807, 2.05) is 12.1 Å². The number of hydrogen-bond acceptors (Lipinski definition) is 3. The zero-order valence-electron chi connectivity index (χ0n) is 10.6. The molecule has 0 unspecified atom stereocenters. The van der Waals surface area contributed by atoms with Crippen LogP contribution in [0.1, 0.15) is 42.5 Å². The van der Waals surface area contributed by atoms with Crippen LogP contribution < -0.4 is 10.2 Å². The van der Waals surface area contributed by atoms with Crippen LogP contribution in [0.3, 0.4) is 0 Å². The van der Waals surface area contributed by atoms with Crippen molar-refractivity contribution in [1.29, 1.82) is 0 Å². The summed E-state index contributed by atoms with van der Waals surface area (Å²) in [7, 11) is 0. The molecule has 4 nitrogen and oxygen atoms in total. The molecule has 1 saturated heterocycles. The Labute approximate surface area is 107 Å². The summed E-state index contributed by atoms with van der Waals surface area (Å²) in [4.78, 5) is 18.8. The van der Waals surface area contributed by atoms with Gasteiger partial charge in [0, 0.05) is 25.3 Å². The molecule has 0 atom stereocenters. The van der Waals surface area contributed by atoms with E-state index in [9.17, 15) is 4.79 Å². The lowest BCUT2D eigenvalue weighted by atomic mass is 10.1. The van der Waals surface area contributed by atoms with Crippen LogP contribution in [0.2, 0.25) is 0 Å². The van der Waals surface area contributed by atoms with Crippen molar-refractivity contribution >= 4 is 11.7 Å². The average Bonchev–Trinajstić information content (AvgIpc) is 3.24. The lowest BCUT2D eigenvalue weighted by Gasteiger charge is -2.29. The van der Waals surface area contributed by atoms with E-state index in [2.05, 4.69) is 15.2 Å². The molecule has 2 fully saturated rings. The van der Waals surface area contributed by atoms with Crippen LogP contribution in [0.5, 0.6) is 0 Å². The van der Waals surface area contributed by atoms with E-state index in [0.717, 1.165) is 37.3 Å². The number of carbonyl (C=O) groups is 1. The van der Waals surface area contributed by atoms with E-state index in [-0.39, 0.29) is 5.91 Å². The number of nitrogens with one attached hydrogen (secondary N) is 1. The molecule has 0 radical (unpaired) electrons. The maximum absolute atomic E-state index is 12.2. The van der Waals surface area contributed by atoms with Crippen LogP contribution in [-0.2, 0) is 0 Å². The highest BCUT2D eigenvalue weighted by molar-refractivity contribution is 5.99. The van der Waals surface area contributed by atoms with Gasteiger partial charge in [-0.25, -0.2) is 4.98 Å². The van der Waals surface area contributed by atoms with Gasteiger partial charge in [0.25, 0.3) is 5.91 Å². The van der Waals surface area contributed by atoms with Crippen LogP contribution in [0, 0.1) is 0 Å². The zero-order valence-corrected chi connectivity index (χ0v) is 10.6. The summed E-state index contributed by atoms with van der Waals surface area (Å²) in [5, 5.41) is 3.04. The molecule has 4 heteroatoms. The number of hydrogen-bond donors (Lipinski definition) is 1. The van der Waals surface area contributed by atoms with Gasteiger partial charge in [-0.3, -0.25) is 4.79 Å². The number of piperidine rings is 1. The van der Waals surface area contributed by atoms with Gasteiger partial charge in [-0.15, -0.1) is 0 Å². The fraction of sp³-hybridized carbons (Fsp3) is 0.571. The maximum Gasteiger partial charge on any atom is 0.255 e. The molecule has 0 bridgehead atoms. The fourth-order valence-corrected chi connectivity index (χ4v) is 2.42. The molecule has 1 aromatic rings. The van der Waals surface area contributed by atoms with Crippen LogP contribution in [-0.4, -0.2) is 30.0 Å². The van der Waals surface area contributed by atoms with Gasteiger partial charge in [0.15, 0.2) is 0 Å². The number of nitrogens with zero attached hydrogens (tertiary/aromatic N) is 2. The van der Waals surface area contributed by atoms with E-state index >= 15 is 0 Å². The third-order valence-corrected chi connectivity index (χ3v) is 3.60. The number of amides is 1. The second kappa shape index (κ2) is 4.96. The predicted octanol–water partition coefficient (Wildman–Crippen LogP) is 1.96. The number of pyridine rings is 1. The molecule has 1 aliphatic carbocycles. The summed E-state index contributed by atoms with van der Waals surface area (Å²) in [5.74, 6) is 0.890. The largest absolute Gasteiger partial charge is 0.356 e. The highest BCUT2D eigenvalue weighted by atomic mass is 16.1. The first kappa shape index (κ1) is 11.5. The molecule has 0 spiro atoms. The molecule has 1 aromatic heterocycles. The summed E-state index contributed by atoms with van der Waals surface area (Å²) < 4.78 is 0. The smallest absolute Gasteiger partial charge is 0.255 e. The van der Waals surface area contributed by atoms with Gasteiger partial charge in [-0.1, -0.05) is 0 Å². The van der Waals surface area contributed by atoms with Crippen molar-refractivity contribution in [3.63, 3.8) is 0 Å². The van der Waals surface area contributed by atoms with Crippen molar-refractivity contribution in [2.24, 2.45) is 0 Å². The van der Waals surface area contributed by atoms with Gasteiger partial charge < -0.3 is 10.2 Å². The Bertz CT molecular complexity index is 436. The molecule has 2 heterocycles. The first-order chi connectivity index (χ1) is 8.84. The lowest BCUT2D eigenvalue weighted by molar-refractivity contribution is 0.0951. The number of carbonyl (C=O) groups excluding carboxylic acids is 1. The van der Waals surface area contributed by atoms with Crippen molar-refractivity contribution in [3.05, 3.63) is 23.9 Å². The first-order valence-electron chi connectivity index (χ1n) is 6.85. The first-order valence-corrected chi connectivity index (χ1v) is 6.85. The molecule has 2 aliphatic rings. The summed E-state index contributed by atoms with van der Waals surface area (Å²) in [6.07, 6.45) is 7.68. The minimum absolute atomic E-state index is 0.0335. The van der Waals surface area contributed by atoms with Crippen molar-refractivity contribution in [3.8, 4) is 0 Å². The van der Waals surface area contributed by atoms with Gasteiger partial charge >= 0.3 is 0 Å². The van der Waals surface area contributed by atoms with Gasteiger partial charge in [-0.2, -0.15) is 0 Å². The Morgan fingerprint density at radius 2 is 2.06 bits per heavy atom. The van der Waals surface area contributed by atoms with E-state index in [1.165, 1.54) is 19.3 Å². The van der Waals surface area contributed by atoms with Gasteiger partial charge in [0.1, 0.15) is 5.82 Å². The Morgan fingerprint density at radius 1 is 1.28 bits per heavy atom. The Morgan fingerprint density at radius 3 is 2.78 bits per heavy atom. The third kappa shape index (κ3) is 2.47. The van der Waals surface area contributed by atoms with Crippen molar-refractivity contribution in [2.45, 2.75) is 38.1 Å². The summed E-state index contributed by atoms with van der Waals surface area (Å²) in [5.41, 5.74) is 0.728. The molecule has 1 amide bonds. The number of anilines is 1. The zero-order chi connectivity index (χ0) is 12.4. The fourth-order valence-electron chi connectivity index (χ4n) is 2.42. The molecule has 1 N–H and O–H groups in total. The second-order valence-corrected chi connectivity index (χ2v) is 5.17.